The van der Waals surface area contributed by atoms with Gasteiger partial charge in [0.15, 0.2) is 0 Å². The van der Waals surface area contributed by atoms with Crippen LogP contribution in [0, 0.1) is 12.8 Å². The van der Waals surface area contributed by atoms with Crippen molar-refractivity contribution in [3.8, 4) is 5.75 Å². The lowest BCUT2D eigenvalue weighted by Crippen LogP contribution is -2.46. The second-order valence-electron chi connectivity index (χ2n) is 7.40. The first kappa shape index (κ1) is 20.9. The van der Waals surface area contributed by atoms with E-state index in [0.717, 1.165) is 29.7 Å². The molecule has 2 amide bonds. The quantitative estimate of drug-likeness (QED) is 0.811. The fourth-order valence-corrected chi connectivity index (χ4v) is 3.81. The predicted octanol–water partition coefficient (Wildman–Crippen LogP) is 3.57. The van der Waals surface area contributed by atoms with Gasteiger partial charge < -0.3 is 19.7 Å². The fraction of sp³-hybridized carbons (Fsp3) is 0.391. The van der Waals surface area contributed by atoms with Crippen molar-refractivity contribution in [3.63, 3.8) is 0 Å². The van der Waals surface area contributed by atoms with Gasteiger partial charge in [0.05, 0.1) is 19.1 Å². The first-order chi connectivity index (χ1) is 14.0. The van der Waals surface area contributed by atoms with E-state index in [0.29, 0.717) is 12.2 Å². The Morgan fingerprint density at radius 2 is 1.86 bits per heavy atom. The number of methoxy groups -OCH3 is 2. The van der Waals surface area contributed by atoms with Gasteiger partial charge in [-0.1, -0.05) is 29.8 Å². The van der Waals surface area contributed by atoms with E-state index in [1.807, 2.05) is 37.3 Å². The molecule has 1 aliphatic heterocycles. The van der Waals surface area contributed by atoms with Crippen LogP contribution in [0.2, 0.25) is 0 Å². The van der Waals surface area contributed by atoms with Crippen molar-refractivity contribution in [3.05, 3.63) is 59.7 Å². The van der Waals surface area contributed by atoms with E-state index in [9.17, 15) is 9.59 Å². The molecule has 29 heavy (non-hydrogen) atoms. The summed E-state index contributed by atoms with van der Waals surface area (Å²) >= 11 is 0. The second-order valence-corrected chi connectivity index (χ2v) is 7.40. The molecule has 0 aliphatic carbocycles. The van der Waals surface area contributed by atoms with Crippen LogP contribution in [-0.4, -0.2) is 44.1 Å². The third kappa shape index (κ3) is 5.15. The van der Waals surface area contributed by atoms with Gasteiger partial charge in [-0.25, -0.2) is 0 Å². The van der Waals surface area contributed by atoms with Crippen molar-refractivity contribution in [2.45, 2.75) is 25.8 Å². The van der Waals surface area contributed by atoms with Gasteiger partial charge in [-0.3, -0.25) is 9.59 Å². The summed E-state index contributed by atoms with van der Waals surface area (Å²) in [6, 6.07) is 15.4. The number of anilines is 1. The minimum atomic E-state index is -0.265. The first-order valence-corrected chi connectivity index (χ1v) is 9.81. The van der Waals surface area contributed by atoms with E-state index >= 15 is 0 Å². The van der Waals surface area contributed by atoms with E-state index in [2.05, 4.69) is 11.4 Å². The number of aryl methyl sites for hydroxylation is 1. The molecular weight excluding hydrogens is 368 g/mol. The molecule has 2 aromatic carbocycles. The van der Waals surface area contributed by atoms with E-state index < -0.39 is 0 Å². The smallest absolute Gasteiger partial charge is 0.249 e. The Bertz CT molecular complexity index is 850. The number of nitrogens with one attached hydrogen (secondary N) is 1. The highest BCUT2D eigenvalue weighted by molar-refractivity contribution is 5.93. The van der Waals surface area contributed by atoms with E-state index in [-0.39, 0.29) is 30.4 Å². The van der Waals surface area contributed by atoms with Crippen molar-refractivity contribution in [1.29, 1.82) is 0 Å². The maximum absolute atomic E-state index is 12.8. The largest absolute Gasteiger partial charge is 0.497 e. The number of piperidine rings is 1. The van der Waals surface area contributed by atoms with E-state index in [1.165, 1.54) is 7.11 Å². The number of nitrogens with zero attached hydrogens (tertiary/aromatic N) is 1. The molecule has 0 spiro atoms. The van der Waals surface area contributed by atoms with Crippen LogP contribution in [0.1, 0.15) is 30.0 Å². The zero-order valence-electron chi connectivity index (χ0n) is 17.2. The second kappa shape index (κ2) is 9.56. The van der Waals surface area contributed by atoms with Crippen LogP contribution in [0.4, 0.5) is 5.69 Å². The Balaban J connectivity index is 1.73. The fourth-order valence-electron chi connectivity index (χ4n) is 3.81. The molecule has 2 atom stereocenters. The highest BCUT2D eigenvalue weighted by Gasteiger charge is 2.35. The summed E-state index contributed by atoms with van der Waals surface area (Å²) in [7, 11) is 3.11. The van der Waals surface area contributed by atoms with Crippen LogP contribution in [0.5, 0.6) is 5.75 Å². The van der Waals surface area contributed by atoms with Crippen LogP contribution in [0.15, 0.2) is 48.5 Å². The number of hydrogen-bond acceptors (Lipinski definition) is 4. The summed E-state index contributed by atoms with van der Waals surface area (Å²) in [6.45, 7) is 2.43. The number of amides is 2. The molecule has 0 radical (unpaired) electrons. The lowest BCUT2D eigenvalue weighted by atomic mass is 9.88. The van der Waals surface area contributed by atoms with Crippen molar-refractivity contribution in [1.82, 2.24) is 4.90 Å². The number of benzene rings is 2. The summed E-state index contributed by atoms with van der Waals surface area (Å²) in [5.41, 5.74) is 2.97. The Hall–Kier alpha value is -2.86. The van der Waals surface area contributed by atoms with Crippen molar-refractivity contribution >= 4 is 17.5 Å². The van der Waals surface area contributed by atoms with Crippen LogP contribution in [-0.2, 0) is 14.3 Å². The van der Waals surface area contributed by atoms with Crippen molar-refractivity contribution in [2.24, 2.45) is 5.92 Å². The third-order valence-corrected chi connectivity index (χ3v) is 5.33. The molecule has 0 aromatic heterocycles. The molecule has 2 aromatic rings. The zero-order chi connectivity index (χ0) is 20.8. The zero-order valence-corrected chi connectivity index (χ0v) is 17.2. The van der Waals surface area contributed by atoms with Crippen molar-refractivity contribution < 1.29 is 19.1 Å². The molecular formula is C23H28N2O4. The van der Waals surface area contributed by atoms with E-state index in [4.69, 9.17) is 9.47 Å². The molecule has 3 rings (SSSR count). The highest BCUT2D eigenvalue weighted by Crippen LogP contribution is 2.34. The standard InChI is InChI=1S/C23H28N2O4/c1-16-5-4-6-17(13-16)21-12-7-18(14-25(21)22(26)15-28-2)23(27)24-19-8-10-20(29-3)11-9-19/h4-6,8-11,13,18,21H,7,12,14-15H2,1-3H3,(H,24,27). The average molecular weight is 396 g/mol. The van der Waals surface area contributed by atoms with Gasteiger partial charge in [0.25, 0.3) is 0 Å². The number of rotatable bonds is 6. The van der Waals surface area contributed by atoms with Gasteiger partial charge >= 0.3 is 0 Å². The minimum absolute atomic E-state index is 0.00906. The summed E-state index contributed by atoms with van der Waals surface area (Å²) in [6.07, 6.45) is 1.46. The minimum Gasteiger partial charge on any atom is -0.497 e. The predicted molar refractivity (Wildman–Crippen MR) is 112 cm³/mol. The molecule has 1 N–H and O–H groups in total. The summed E-state index contributed by atoms with van der Waals surface area (Å²) in [5, 5.41) is 2.95. The summed E-state index contributed by atoms with van der Waals surface area (Å²) in [4.78, 5) is 27.3. The summed E-state index contributed by atoms with van der Waals surface area (Å²) < 4.78 is 10.2. The molecule has 1 fully saturated rings. The van der Waals surface area contributed by atoms with Crippen LogP contribution in [0.25, 0.3) is 0 Å². The molecule has 1 aliphatic rings. The maximum atomic E-state index is 12.8. The molecule has 0 bridgehead atoms. The summed E-state index contributed by atoms with van der Waals surface area (Å²) in [5.74, 6) is 0.297. The molecule has 1 heterocycles. The normalized spacial score (nSPS) is 18.9. The Labute approximate surface area is 171 Å². The molecule has 6 heteroatoms. The lowest BCUT2D eigenvalue weighted by Gasteiger charge is -2.39. The van der Waals surface area contributed by atoms with Gasteiger partial charge in [-0.05, 0) is 49.6 Å². The Morgan fingerprint density at radius 1 is 1.10 bits per heavy atom. The Morgan fingerprint density at radius 3 is 2.52 bits per heavy atom. The Kier molecular flexibility index (Phi) is 6.88. The average Bonchev–Trinajstić information content (AvgIpc) is 2.74. The van der Waals surface area contributed by atoms with Gasteiger partial charge in [0.2, 0.25) is 11.8 Å². The number of ether oxygens (including phenoxy) is 2. The van der Waals surface area contributed by atoms with Gasteiger partial charge in [-0.2, -0.15) is 0 Å². The van der Waals surface area contributed by atoms with Crippen molar-refractivity contribution in [2.75, 3.05) is 32.7 Å². The van der Waals surface area contributed by atoms with Crippen LogP contribution >= 0.6 is 0 Å². The number of carbonyl (C=O) groups is 2. The van der Waals surface area contributed by atoms with E-state index in [1.54, 1.807) is 24.1 Å². The van der Waals surface area contributed by atoms with Gasteiger partial charge in [0.1, 0.15) is 12.4 Å². The third-order valence-electron chi connectivity index (χ3n) is 5.33. The van der Waals surface area contributed by atoms with Gasteiger partial charge in [0, 0.05) is 19.3 Å². The number of carbonyl (C=O) groups excluding carboxylic acids is 2. The maximum Gasteiger partial charge on any atom is 0.249 e. The lowest BCUT2D eigenvalue weighted by molar-refractivity contribution is -0.141. The highest BCUT2D eigenvalue weighted by atomic mass is 16.5. The molecule has 154 valence electrons. The van der Waals surface area contributed by atoms with Crippen LogP contribution < -0.4 is 10.1 Å². The van der Waals surface area contributed by atoms with Gasteiger partial charge in [-0.15, -0.1) is 0 Å². The molecule has 6 nitrogen and oxygen atoms in total. The SMILES string of the molecule is COCC(=O)N1CC(C(=O)Nc2ccc(OC)cc2)CCC1c1cccc(C)c1. The monoisotopic (exact) mass is 396 g/mol. The molecule has 2 unspecified atom stereocenters. The number of likely N-dealkylation sites (tertiary alicyclic amines) is 1. The first-order valence-electron chi connectivity index (χ1n) is 9.81. The van der Waals surface area contributed by atoms with Crippen LogP contribution in [0.3, 0.4) is 0 Å². The number of hydrogen-bond donors (Lipinski definition) is 1. The molecule has 1 saturated heterocycles. The topological polar surface area (TPSA) is 67.9 Å². The molecule has 0 saturated carbocycles.